The molecule has 0 bridgehead atoms. The van der Waals surface area contributed by atoms with Gasteiger partial charge < -0.3 is 20.0 Å². The Morgan fingerprint density at radius 1 is 1.00 bits per heavy atom. The maximum absolute atomic E-state index is 6.01. The van der Waals surface area contributed by atoms with Crippen LogP contribution >= 0.6 is 12.2 Å². The monoisotopic (exact) mass is 494 g/mol. The van der Waals surface area contributed by atoms with Gasteiger partial charge in [0.1, 0.15) is 0 Å². The van der Waals surface area contributed by atoms with E-state index in [1.807, 2.05) is 0 Å². The Labute approximate surface area is 219 Å². The van der Waals surface area contributed by atoms with Crippen molar-refractivity contribution in [3.8, 4) is 0 Å². The molecule has 1 heterocycles. The van der Waals surface area contributed by atoms with E-state index in [1.54, 1.807) is 0 Å². The fourth-order valence-corrected chi connectivity index (χ4v) is 5.65. The molecular weight excluding hydrogens is 448 g/mol. The highest BCUT2D eigenvalue weighted by atomic mass is 32.1. The molecule has 35 heavy (non-hydrogen) atoms. The van der Waals surface area contributed by atoms with Gasteiger partial charge in [-0.25, -0.2) is 0 Å². The van der Waals surface area contributed by atoms with Crippen molar-refractivity contribution in [2.45, 2.75) is 73.8 Å². The molecule has 0 spiro atoms. The van der Waals surface area contributed by atoms with Gasteiger partial charge in [0.15, 0.2) is 5.11 Å². The van der Waals surface area contributed by atoms with Crippen molar-refractivity contribution in [1.29, 1.82) is 0 Å². The first kappa shape index (κ1) is 27.5. The van der Waals surface area contributed by atoms with Gasteiger partial charge >= 0.3 is 0 Å². The van der Waals surface area contributed by atoms with Crippen LogP contribution in [0.3, 0.4) is 0 Å². The second-order valence-electron chi connectivity index (χ2n) is 10.1. The fraction of sp³-hybridized carbons (Fsp3) is 0.567. The first-order valence-corrected chi connectivity index (χ1v) is 14.0. The summed E-state index contributed by atoms with van der Waals surface area (Å²) in [7, 11) is 0. The second-order valence-corrected chi connectivity index (χ2v) is 10.4. The lowest BCUT2D eigenvalue weighted by Gasteiger charge is -2.32. The van der Waals surface area contributed by atoms with Crippen LogP contribution in [0.15, 0.2) is 30.3 Å². The number of nitrogens with one attached hydrogen (secondary N) is 1. The number of benzene rings is 2. The Balaban J connectivity index is 1.78. The van der Waals surface area contributed by atoms with E-state index in [4.69, 9.17) is 12.2 Å². The number of hydrogen-bond acceptors (Lipinski definition) is 3. The number of rotatable bonds is 11. The Bertz CT molecular complexity index is 959. The maximum atomic E-state index is 6.01. The van der Waals surface area contributed by atoms with Gasteiger partial charge in [0.25, 0.3) is 0 Å². The quantitative estimate of drug-likeness (QED) is 0.350. The van der Waals surface area contributed by atoms with Crippen LogP contribution in [-0.2, 0) is 13.0 Å². The number of fused-ring (bicyclic) bond motifs is 1. The molecule has 2 aromatic carbocycles. The SMILES string of the molecule is CCCN1CCCc2cc(CN(CCCN(CC)CC)C(=S)Nc3c(C)cc(C)cc3C)ccc21. The molecule has 1 N–H and O–H groups in total. The van der Waals surface area contributed by atoms with Crippen molar-refractivity contribution < 1.29 is 0 Å². The zero-order valence-corrected chi connectivity index (χ0v) is 23.7. The van der Waals surface area contributed by atoms with E-state index in [0.717, 1.165) is 56.5 Å². The zero-order chi connectivity index (χ0) is 25.4. The maximum Gasteiger partial charge on any atom is 0.173 e. The first-order chi connectivity index (χ1) is 16.9. The van der Waals surface area contributed by atoms with Gasteiger partial charge in [-0.3, -0.25) is 0 Å². The van der Waals surface area contributed by atoms with Crippen molar-refractivity contribution in [3.05, 3.63) is 58.1 Å². The zero-order valence-electron chi connectivity index (χ0n) is 22.9. The summed E-state index contributed by atoms with van der Waals surface area (Å²) in [6.07, 6.45) is 4.72. The van der Waals surface area contributed by atoms with Gasteiger partial charge in [0, 0.05) is 37.6 Å². The van der Waals surface area contributed by atoms with Crippen molar-refractivity contribution >= 4 is 28.7 Å². The Morgan fingerprint density at radius 3 is 2.37 bits per heavy atom. The molecule has 5 heteroatoms. The molecule has 0 saturated heterocycles. The number of hydrogen-bond donors (Lipinski definition) is 1. The third kappa shape index (κ3) is 7.44. The summed E-state index contributed by atoms with van der Waals surface area (Å²) >= 11 is 6.01. The molecule has 1 aliphatic rings. The third-order valence-electron chi connectivity index (χ3n) is 7.22. The van der Waals surface area contributed by atoms with Crippen molar-refractivity contribution in [2.75, 3.05) is 49.5 Å². The van der Waals surface area contributed by atoms with Gasteiger partial charge in [-0.2, -0.15) is 0 Å². The minimum absolute atomic E-state index is 0.824. The number of thiocarbonyl (C=S) groups is 1. The van der Waals surface area contributed by atoms with E-state index in [-0.39, 0.29) is 0 Å². The molecule has 0 radical (unpaired) electrons. The van der Waals surface area contributed by atoms with Crippen LogP contribution in [0.2, 0.25) is 0 Å². The molecule has 3 rings (SSSR count). The average Bonchev–Trinajstić information content (AvgIpc) is 2.83. The lowest BCUT2D eigenvalue weighted by atomic mass is 9.98. The van der Waals surface area contributed by atoms with Crippen LogP contribution in [0, 0.1) is 20.8 Å². The van der Waals surface area contributed by atoms with Gasteiger partial charge in [-0.1, -0.05) is 50.6 Å². The highest BCUT2D eigenvalue weighted by molar-refractivity contribution is 7.80. The van der Waals surface area contributed by atoms with Crippen molar-refractivity contribution in [2.24, 2.45) is 0 Å². The lowest BCUT2D eigenvalue weighted by molar-refractivity contribution is 0.281. The van der Waals surface area contributed by atoms with E-state index < -0.39 is 0 Å². The van der Waals surface area contributed by atoms with Gasteiger partial charge in [0.2, 0.25) is 0 Å². The minimum atomic E-state index is 0.824. The molecular formula is C30H46N4S. The predicted molar refractivity (Wildman–Crippen MR) is 157 cm³/mol. The molecule has 0 aliphatic carbocycles. The molecule has 0 atom stereocenters. The fourth-order valence-electron chi connectivity index (χ4n) is 5.39. The van der Waals surface area contributed by atoms with Crippen LogP contribution in [0.4, 0.5) is 11.4 Å². The molecule has 0 aromatic heterocycles. The van der Waals surface area contributed by atoms with Crippen molar-refractivity contribution in [3.63, 3.8) is 0 Å². The highest BCUT2D eigenvalue weighted by Crippen LogP contribution is 2.29. The highest BCUT2D eigenvalue weighted by Gasteiger charge is 2.18. The molecule has 192 valence electrons. The molecule has 0 amide bonds. The molecule has 0 unspecified atom stereocenters. The summed E-state index contributed by atoms with van der Waals surface area (Å²) in [5.74, 6) is 0. The van der Waals surface area contributed by atoms with Gasteiger partial charge in [-0.05, 0) is 107 Å². The standard InChI is InChI=1S/C30H46N4S/c1-7-15-33-17-10-12-27-21-26(13-14-28(27)33)22-34(18-11-16-32(8-2)9-3)30(35)31-29-24(5)19-23(4)20-25(29)6/h13-14,19-21H,7-12,15-18,22H2,1-6H3,(H,31,35). The van der Waals surface area contributed by atoms with E-state index in [1.165, 1.54) is 59.3 Å². The Morgan fingerprint density at radius 2 is 1.71 bits per heavy atom. The molecule has 0 fully saturated rings. The van der Waals surface area contributed by atoms with Gasteiger partial charge in [0.05, 0.1) is 0 Å². The summed E-state index contributed by atoms with van der Waals surface area (Å²) in [6.45, 7) is 20.7. The average molecular weight is 495 g/mol. The molecule has 1 aliphatic heterocycles. The van der Waals surface area contributed by atoms with Crippen LogP contribution in [0.5, 0.6) is 0 Å². The van der Waals surface area contributed by atoms with E-state index >= 15 is 0 Å². The second kappa shape index (κ2) is 13.3. The van der Waals surface area contributed by atoms with Crippen LogP contribution in [-0.4, -0.2) is 54.2 Å². The summed E-state index contributed by atoms with van der Waals surface area (Å²) in [4.78, 5) is 7.41. The largest absolute Gasteiger partial charge is 0.371 e. The van der Waals surface area contributed by atoms with E-state index in [9.17, 15) is 0 Å². The first-order valence-electron chi connectivity index (χ1n) is 13.6. The third-order valence-corrected chi connectivity index (χ3v) is 7.58. The number of nitrogens with zero attached hydrogens (tertiary/aromatic N) is 3. The van der Waals surface area contributed by atoms with E-state index in [2.05, 4.69) is 91.9 Å². The van der Waals surface area contributed by atoms with Crippen LogP contribution in [0.25, 0.3) is 0 Å². The predicted octanol–water partition coefficient (Wildman–Crippen LogP) is 6.71. The smallest absolute Gasteiger partial charge is 0.173 e. The molecule has 2 aromatic rings. The summed E-state index contributed by atoms with van der Waals surface area (Å²) < 4.78 is 0. The molecule has 0 saturated carbocycles. The van der Waals surface area contributed by atoms with Crippen LogP contribution in [0.1, 0.15) is 67.9 Å². The number of aryl methyl sites for hydroxylation is 4. The normalized spacial score (nSPS) is 13.2. The van der Waals surface area contributed by atoms with Gasteiger partial charge in [-0.15, -0.1) is 0 Å². The van der Waals surface area contributed by atoms with Crippen molar-refractivity contribution in [1.82, 2.24) is 9.80 Å². The summed E-state index contributed by atoms with van der Waals surface area (Å²) in [5.41, 5.74) is 9.21. The topological polar surface area (TPSA) is 21.8 Å². The Kier molecular flexibility index (Phi) is 10.4. The van der Waals surface area contributed by atoms with E-state index in [0.29, 0.717) is 0 Å². The lowest BCUT2D eigenvalue weighted by Crippen LogP contribution is -2.37. The molecule has 4 nitrogen and oxygen atoms in total. The summed E-state index contributed by atoms with van der Waals surface area (Å²) in [5, 5.41) is 4.44. The summed E-state index contributed by atoms with van der Waals surface area (Å²) in [6, 6.07) is 11.6. The Hall–Kier alpha value is -2.11. The van der Waals surface area contributed by atoms with Crippen LogP contribution < -0.4 is 10.2 Å². The minimum Gasteiger partial charge on any atom is -0.371 e. The number of anilines is 2.